The average Bonchev–Trinajstić information content (AvgIpc) is 3.06. The Labute approximate surface area is 153 Å². The molecule has 0 aliphatic carbocycles. The van der Waals surface area contributed by atoms with E-state index in [1.54, 1.807) is 6.20 Å². The predicted octanol–water partition coefficient (Wildman–Crippen LogP) is 2.67. The number of aryl methyl sites for hydroxylation is 2. The van der Waals surface area contributed by atoms with Crippen LogP contribution < -0.4 is 10.1 Å². The Kier molecular flexibility index (Phi) is 4.93. The van der Waals surface area contributed by atoms with E-state index in [4.69, 9.17) is 4.74 Å². The Morgan fingerprint density at radius 1 is 1.15 bits per heavy atom. The van der Waals surface area contributed by atoms with Crippen LogP contribution in [-0.2, 0) is 26.1 Å². The van der Waals surface area contributed by atoms with Crippen LogP contribution in [0.5, 0.6) is 5.75 Å². The normalized spacial score (nSPS) is 16.3. The second-order valence-electron chi connectivity index (χ2n) is 6.61. The van der Waals surface area contributed by atoms with Gasteiger partial charge in [0, 0.05) is 37.3 Å². The second-order valence-corrected chi connectivity index (χ2v) is 6.61. The zero-order valence-corrected chi connectivity index (χ0v) is 14.9. The molecule has 6 nitrogen and oxygen atoms in total. The lowest BCUT2D eigenvalue weighted by Gasteiger charge is -2.25. The van der Waals surface area contributed by atoms with E-state index in [9.17, 15) is 0 Å². The molecule has 1 unspecified atom stereocenters. The van der Waals surface area contributed by atoms with Crippen molar-refractivity contribution in [3.05, 3.63) is 71.6 Å². The van der Waals surface area contributed by atoms with Crippen molar-refractivity contribution in [1.82, 2.24) is 25.1 Å². The van der Waals surface area contributed by atoms with Crippen LogP contribution >= 0.6 is 0 Å². The first-order valence-electron chi connectivity index (χ1n) is 9.02. The summed E-state index contributed by atoms with van der Waals surface area (Å²) in [5.41, 5.74) is 2.09. The number of rotatable bonds is 6. The molecular formula is C20H23N5O. The molecule has 0 spiro atoms. The van der Waals surface area contributed by atoms with E-state index in [0.717, 1.165) is 54.6 Å². The van der Waals surface area contributed by atoms with Crippen LogP contribution in [0.2, 0.25) is 0 Å². The molecule has 1 aliphatic rings. The third-order valence-corrected chi connectivity index (χ3v) is 4.79. The van der Waals surface area contributed by atoms with E-state index in [2.05, 4.69) is 31.1 Å². The quantitative estimate of drug-likeness (QED) is 0.741. The summed E-state index contributed by atoms with van der Waals surface area (Å²) in [4.78, 5) is 4.31. The highest BCUT2D eigenvalue weighted by atomic mass is 16.5. The van der Waals surface area contributed by atoms with Crippen LogP contribution in [0.1, 0.15) is 29.3 Å². The second kappa shape index (κ2) is 7.66. The van der Waals surface area contributed by atoms with Crippen LogP contribution in [0.4, 0.5) is 0 Å². The van der Waals surface area contributed by atoms with Crippen molar-refractivity contribution in [2.45, 2.75) is 45.5 Å². The highest BCUT2D eigenvalue weighted by molar-refractivity contribution is 5.33. The first kappa shape index (κ1) is 16.7. The van der Waals surface area contributed by atoms with E-state index in [1.807, 2.05) is 43.3 Å². The molecule has 26 heavy (non-hydrogen) atoms. The zero-order chi connectivity index (χ0) is 17.8. The van der Waals surface area contributed by atoms with Crippen molar-refractivity contribution in [3.63, 3.8) is 0 Å². The van der Waals surface area contributed by atoms with Crippen molar-refractivity contribution in [3.8, 4) is 5.75 Å². The van der Waals surface area contributed by atoms with E-state index in [1.165, 1.54) is 0 Å². The van der Waals surface area contributed by atoms with Crippen molar-refractivity contribution in [2.24, 2.45) is 0 Å². The third-order valence-electron chi connectivity index (χ3n) is 4.79. The minimum atomic E-state index is 0.418. The number of para-hydroxylation sites is 1. The molecule has 1 N–H and O–H groups in total. The van der Waals surface area contributed by atoms with E-state index in [0.29, 0.717) is 12.6 Å². The number of hydrogen-bond acceptors (Lipinski definition) is 5. The van der Waals surface area contributed by atoms with E-state index in [-0.39, 0.29) is 0 Å². The Morgan fingerprint density at radius 2 is 2.04 bits per heavy atom. The molecule has 0 radical (unpaired) electrons. The summed E-state index contributed by atoms with van der Waals surface area (Å²) < 4.78 is 8.21. The molecule has 134 valence electrons. The molecule has 3 aromatic rings. The number of nitrogens with one attached hydrogen (secondary N) is 1. The van der Waals surface area contributed by atoms with E-state index < -0.39 is 0 Å². The van der Waals surface area contributed by atoms with Gasteiger partial charge in [-0.3, -0.25) is 4.98 Å². The summed E-state index contributed by atoms with van der Waals surface area (Å²) in [5, 5.41) is 12.1. The van der Waals surface area contributed by atoms with Crippen molar-refractivity contribution < 1.29 is 4.74 Å². The van der Waals surface area contributed by atoms with Gasteiger partial charge < -0.3 is 14.6 Å². The van der Waals surface area contributed by atoms with Gasteiger partial charge in [0.25, 0.3) is 0 Å². The van der Waals surface area contributed by atoms with Gasteiger partial charge >= 0.3 is 0 Å². The molecule has 6 heteroatoms. The van der Waals surface area contributed by atoms with E-state index >= 15 is 0 Å². The molecule has 4 rings (SSSR count). The lowest BCUT2D eigenvalue weighted by atomic mass is 10.1. The summed E-state index contributed by atoms with van der Waals surface area (Å²) in [7, 11) is 0. The molecule has 0 fully saturated rings. The van der Waals surface area contributed by atoms with Gasteiger partial charge in [-0.1, -0.05) is 24.3 Å². The largest absolute Gasteiger partial charge is 0.487 e. The van der Waals surface area contributed by atoms with Gasteiger partial charge in [-0.25, -0.2) is 0 Å². The van der Waals surface area contributed by atoms with Crippen LogP contribution in [0.25, 0.3) is 0 Å². The Hall–Kier alpha value is -2.73. The summed E-state index contributed by atoms with van der Waals surface area (Å²) >= 11 is 0. The SMILES string of the molecule is Cc1nnc2n1CC(NCc1ccccc1OCc1ccccn1)CC2. The summed E-state index contributed by atoms with van der Waals surface area (Å²) in [6, 6.07) is 14.5. The Balaban J connectivity index is 1.37. The van der Waals surface area contributed by atoms with Gasteiger partial charge in [-0.2, -0.15) is 0 Å². The Morgan fingerprint density at radius 3 is 2.92 bits per heavy atom. The molecule has 2 aromatic heterocycles. The molecule has 0 saturated carbocycles. The van der Waals surface area contributed by atoms with Crippen molar-refractivity contribution in [1.29, 1.82) is 0 Å². The lowest BCUT2D eigenvalue weighted by molar-refractivity contribution is 0.295. The highest BCUT2D eigenvalue weighted by Gasteiger charge is 2.21. The number of aromatic nitrogens is 4. The monoisotopic (exact) mass is 349 g/mol. The highest BCUT2D eigenvalue weighted by Crippen LogP contribution is 2.20. The zero-order valence-electron chi connectivity index (χ0n) is 14.9. The summed E-state index contributed by atoms with van der Waals surface area (Å²) in [6.07, 6.45) is 3.84. The molecule has 0 bridgehead atoms. The first-order chi connectivity index (χ1) is 12.8. The van der Waals surface area contributed by atoms with Crippen LogP contribution in [0, 0.1) is 6.92 Å². The topological polar surface area (TPSA) is 64.9 Å². The van der Waals surface area contributed by atoms with Crippen LogP contribution in [0.3, 0.4) is 0 Å². The molecule has 1 aromatic carbocycles. The number of ether oxygens (including phenoxy) is 1. The number of nitrogens with zero attached hydrogens (tertiary/aromatic N) is 4. The van der Waals surface area contributed by atoms with Crippen LogP contribution in [-0.4, -0.2) is 25.8 Å². The Bertz CT molecular complexity index is 862. The molecule has 0 saturated heterocycles. The standard InChI is InChI=1S/C20H23N5O/c1-15-23-24-20-10-9-17(13-25(15)20)22-12-16-6-2-3-8-19(16)26-14-18-7-4-5-11-21-18/h2-8,11,17,22H,9-10,12-14H2,1H3. The number of benzene rings is 1. The molecular weight excluding hydrogens is 326 g/mol. The maximum atomic E-state index is 6.00. The van der Waals surface area contributed by atoms with Gasteiger partial charge in [0.1, 0.15) is 24.0 Å². The van der Waals surface area contributed by atoms with Gasteiger partial charge in [0.05, 0.1) is 5.69 Å². The van der Waals surface area contributed by atoms with Crippen molar-refractivity contribution >= 4 is 0 Å². The van der Waals surface area contributed by atoms with Gasteiger partial charge in [-0.15, -0.1) is 10.2 Å². The first-order valence-corrected chi connectivity index (χ1v) is 9.02. The minimum Gasteiger partial charge on any atom is -0.487 e. The van der Waals surface area contributed by atoms with Gasteiger partial charge in [-0.05, 0) is 31.5 Å². The lowest BCUT2D eigenvalue weighted by Crippen LogP contribution is -2.37. The van der Waals surface area contributed by atoms with Gasteiger partial charge in [0.15, 0.2) is 0 Å². The fraction of sp³-hybridized carbons (Fsp3) is 0.350. The molecule has 1 atom stereocenters. The predicted molar refractivity (Wildman–Crippen MR) is 98.7 cm³/mol. The maximum Gasteiger partial charge on any atom is 0.133 e. The molecule has 3 heterocycles. The average molecular weight is 349 g/mol. The summed E-state index contributed by atoms with van der Waals surface area (Å²) in [5.74, 6) is 2.99. The number of fused-ring (bicyclic) bond motifs is 1. The maximum absolute atomic E-state index is 6.00. The molecule has 0 amide bonds. The smallest absolute Gasteiger partial charge is 0.133 e. The number of pyridine rings is 1. The van der Waals surface area contributed by atoms with Crippen LogP contribution in [0.15, 0.2) is 48.7 Å². The minimum absolute atomic E-state index is 0.418. The third kappa shape index (κ3) is 3.75. The summed E-state index contributed by atoms with van der Waals surface area (Å²) in [6.45, 7) is 4.19. The fourth-order valence-corrected chi connectivity index (χ4v) is 3.31. The number of hydrogen-bond donors (Lipinski definition) is 1. The molecule has 1 aliphatic heterocycles. The van der Waals surface area contributed by atoms with Gasteiger partial charge in [0.2, 0.25) is 0 Å². The van der Waals surface area contributed by atoms with Crippen molar-refractivity contribution in [2.75, 3.05) is 0 Å². The fourth-order valence-electron chi connectivity index (χ4n) is 3.31.